The Kier molecular flexibility index (Phi) is 6.27. The predicted octanol–water partition coefficient (Wildman–Crippen LogP) is 4.65. The second kappa shape index (κ2) is 8.42. The zero-order chi connectivity index (χ0) is 19.3. The number of carbonyl (C=O) groups is 1. The second-order valence-corrected chi connectivity index (χ2v) is 6.02. The van der Waals surface area contributed by atoms with Crippen molar-refractivity contribution in [1.29, 1.82) is 0 Å². The maximum Gasteiger partial charge on any atom is 0.311 e. The van der Waals surface area contributed by atoms with E-state index in [0.717, 1.165) is 30.2 Å². The number of nitrogens with zero attached hydrogens (tertiary/aromatic N) is 1. The fourth-order valence-corrected chi connectivity index (χ4v) is 2.47. The fourth-order valence-electron chi connectivity index (χ4n) is 2.47. The van der Waals surface area contributed by atoms with E-state index < -0.39 is 28.4 Å². The molecule has 0 aromatic heterocycles. The normalized spacial score (nSPS) is 12.9. The number of para-hydroxylation sites is 1. The van der Waals surface area contributed by atoms with Gasteiger partial charge in [0.05, 0.1) is 4.92 Å². The van der Waals surface area contributed by atoms with Gasteiger partial charge in [0, 0.05) is 17.8 Å². The third kappa shape index (κ3) is 4.56. The number of carbonyl (C=O) groups excluding carboxylic acids is 1. The van der Waals surface area contributed by atoms with Crippen LogP contribution in [0.2, 0.25) is 0 Å². The van der Waals surface area contributed by atoms with Crippen molar-refractivity contribution in [2.24, 2.45) is 0 Å². The molecular formula is C19H21FN2O4. The molecule has 0 aliphatic heterocycles. The monoisotopic (exact) mass is 360 g/mol. The van der Waals surface area contributed by atoms with Crippen molar-refractivity contribution in [2.75, 3.05) is 5.32 Å². The molecule has 138 valence electrons. The lowest BCUT2D eigenvalue weighted by molar-refractivity contribution is -0.386. The number of nitro benzene ring substituents is 1. The minimum absolute atomic E-state index is 0.257. The molecule has 0 aliphatic carbocycles. The van der Waals surface area contributed by atoms with E-state index in [0.29, 0.717) is 5.69 Å². The second-order valence-electron chi connectivity index (χ2n) is 6.02. The number of anilines is 1. The van der Waals surface area contributed by atoms with Crippen LogP contribution in [0.25, 0.3) is 0 Å². The van der Waals surface area contributed by atoms with Gasteiger partial charge in [-0.3, -0.25) is 14.9 Å². The molecule has 0 saturated heterocycles. The Morgan fingerprint density at radius 1 is 1.27 bits per heavy atom. The summed E-state index contributed by atoms with van der Waals surface area (Å²) >= 11 is 0. The molecule has 0 saturated carbocycles. The number of halogens is 1. The zero-order valence-corrected chi connectivity index (χ0v) is 14.9. The Balaban J connectivity index is 2.17. The van der Waals surface area contributed by atoms with Crippen molar-refractivity contribution in [3.05, 3.63) is 64.0 Å². The number of ether oxygens (including phenoxy) is 1. The molecule has 2 aromatic rings. The van der Waals surface area contributed by atoms with E-state index in [1.807, 2.05) is 18.2 Å². The summed E-state index contributed by atoms with van der Waals surface area (Å²) in [5.41, 5.74) is 1.26. The topological polar surface area (TPSA) is 81.5 Å². The lowest BCUT2D eigenvalue weighted by Gasteiger charge is -2.18. The molecule has 2 atom stereocenters. The molecule has 0 aliphatic rings. The van der Waals surface area contributed by atoms with Crippen LogP contribution in [0.1, 0.15) is 38.7 Å². The SMILES string of the molecule is CC[C@H](C)c1ccccc1NC(=O)[C@H](C)Oc1cc(F)ccc1[N+](=O)[O-]. The summed E-state index contributed by atoms with van der Waals surface area (Å²) in [4.78, 5) is 22.8. The van der Waals surface area contributed by atoms with Gasteiger partial charge in [-0.2, -0.15) is 0 Å². The number of amides is 1. The van der Waals surface area contributed by atoms with E-state index in [1.165, 1.54) is 6.92 Å². The van der Waals surface area contributed by atoms with E-state index in [-0.39, 0.29) is 11.7 Å². The van der Waals surface area contributed by atoms with Crippen molar-refractivity contribution >= 4 is 17.3 Å². The number of nitrogens with one attached hydrogen (secondary N) is 1. The summed E-state index contributed by atoms with van der Waals surface area (Å²) in [5, 5.41) is 13.8. The van der Waals surface area contributed by atoms with Gasteiger partial charge in [0.1, 0.15) is 5.82 Å². The number of benzene rings is 2. The van der Waals surface area contributed by atoms with Crippen LogP contribution in [-0.2, 0) is 4.79 Å². The van der Waals surface area contributed by atoms with Crippen molar-refractivity contribution in [2.45, 2.75) is 39.2 Å². The van der Waals surface area contributed by atoms with Gasteiger partial charge >= 0.3 is 5.69 Å². The van der Waals surface area contributed by atoms with Crippen LogP contribution in [-0.4, -0.2) is 16.9 Å². The molecule has 0 unspecified atom stereocenters. The van der Waals surface area contributed by atoms with E-state index in [9.17, 15) is 19.3 Å². The quantitative estimate of drug-likeness (QED) is 0.575. The first-order valence-corrected chi connectivity index (χ1v) is 8.33. The van der Waals surface area contributed by atoms with E-state index in [1.54, 1.807) is 6.07 Å². The van der Waals surface area contributed by atoms with Gasteiger partial charge in [-0.15, -0.1) is 0 Å². The number of nitro groups is 1. The predicted molar refractivity (Wildman–Crippen MR) is 96.9 cm³/mol. The van der Waals surface area contributed by atoms with Gasteiger partial charge in [0.15, 0.2) is 6.10 Å². The van der Waals surface area contributed by atoms with Crippen LogP contribution < -0.4 is 10.1 Å². The van der Waals surface area contributed by atoms with E-state index in [4.69, 9.17) is 4.74 Å². The van der Waals surface area contributed by atoms with Gasteiger partial charge in [-0.25, -0.2) is 4.39 Å². The highest BCUT2D eigenvalue weighted by Gasteiger charge is 2.22. The first kappa shape index (κ1) is 19.4. The molecule has 7 heteroatoms. The summed E-state index contributed by atoms with van der Waals surface area (Å²) in [6.45, 7) is 5.56. The fraction of sp³-hybridized carbons (Fsp3) is 0.316. The van der Waals surface area contributed by atoms with E-state index in [2.05, 4.69) is 19.2 Å². The van der Waals surface area contributed by atoms with Gasteiger partial charge in [0.25, 0.3) is 5.91 Å². The first-order valence-electron chi connectivity index (χ1n) is 8.33. The van der Waals surface area contributed by atoms with Crippen molar-refractivity contribution in [1.82, 2.24) is 0 Å². The van der Waals surface area contributed by atoms with E-state index >= 15 is 0 Å². The standard InChI is InChI=1S/C19H21FN2O4/c1-4-12(2)15-7-5-6-8-16(15)21-19(23)13(3)26-18-11-14(20)9-10-17(18)22(24)25/h5-13H,4H2,1-3H3,(H,21,23)/t12-,13-/m0/s1. The number of hydrogen-bond donors (Lipinski definition) is 1. The maximum atomic E-state index is 13.4. The van der Waals surface area contributed by atoms with Gasteiger partial charge in [-0.1, -0.05) is 32.0 Å². The third-order valence-electron chi connectivity index (χ3n) is 4.15. The molecule has 0 spiro atoms. The van der Waals surface area contributed by atoms with Crippen LogP contribution in [0.15, 0.2) is 42.5 Å². The highest BCUT2D eigenvalue weighted by atomic mass is 19.1. The maximum absolute atomic E-state index is 13.4. The first-order chi connectivity index (χ1) is 12.3. The lowest BCUT2D eigenvalue weighted by atomic mass is 9.97. The van der Waals surface area contributed by atoms with Gasteiger partial charge < -0.3 is 10.1 Å². The molecular weight excluding hydrogens is 339 g/mol. The molecule has 2 aromatic carbocycles. The highest BCUT2D eigenvalue weighted by molar-refractivity contribution is 5.95. The molecule has 0 fully saturated rings. The lowest BCUT2D eigenvalue weighted by Crippen LogP contribution is -2.30. The summed E-state index contributed by atoms with van der Waals surface area (Å²) in [5.74, 6) is -1.18. The summed E-state index contributed by atoms with van der Waals surface area (Å²) in [7, 11) is 0. The molecule has 2 rings (SSSR count). The summed E-state index contributed by atoms with van der Waals surface area (Å²) in [6.07, 6.45) is -0.130. The zero-order valence-electron chi connectivity index (χ0n) is 14.9. The van der Waals surface area contributed by atoms with Gasteiger partial charge in [0.2, 0.25) is 5.75 Å². The Morgan fingerprint density at radius 2 is 1.96 bits per heavy atom. The molecule has 0 bridgehead atoms. The van der Waals surface area contributed by atoms with Crippen LogP contribution in [0, 0.1) is 15.9 Å². The number of hydrogen-bond acceptors (Lipinski definition) is 4. The Labute approximate surface area is 151 Å². The Hall–Kier alpha value is -2.96. The Bertz CT molecular complexity index is 810. The third-order valence-corrected chi connectivity index (χ3v) is 4.15. The molecule has 0 radical (unpaired) electrons. The van der Waals surface area contributed by atoms with Crippen LogP contribution in [0.5, 0.6) is 5.75 Å². The number of rotatable bonds is 7. The average Bonchev–Trinajstić information content (AvgIpc) is 2.61. The average molecular weight is 360 g/mol. The molecule has 26 heavy (non-hydrogen) atoms. The Morgan fingerprint density at radius 3 is 2.62 bits per heavy atom. The van der Waals surface area contributed by atoms with Crippen LogP contribution >= 0.6 is 0 Å². The largest absolute Gasteiger partial charge is 0.474 e. The smallest absolute Gasteiger partial charge is 0.311 e. The van der Waals surface area contributed by atoms with Crippen molar-refractivity contribution < 1.29 is 18.8 Å². The molecule has 0 heterocycles. The van der Waals surface area contributed by atoms with Crippen molar-refractivity contribution in [3.8, 4) is 5.75 Å². The van der Waals surface area contributed by atoms with Crippen LogP contribution in [0.4, 0.5) is 15.8 Å². The summed E-state index contributed by atoms with van der Waals surface area (Å²) in [6, 6.07) is 10.3. The van der Waals surface area contributed by atoms with Crippen molar-refractivity contribution in [3.63, 3.8) is 0 Å². The minimum atomic E-state index is -1.04. The highest BCUT2D eigenvalue weighted by Crippen LogP contribution is 2.29. The molecule has 1 amide bonds. The minimum Gasteiger partial charge on any atom is -0.474 e. The van der Waals surface area contributed by atoms with Gasteiger partial charge in [-0.05, 0) is 37.0 Å². The molecule has 6 nitrogen and oxygen atoms in total. The summed E-state index contributed by atoms with van der Waals surface area (Å²) < 4.78 is 18.7. The molecule has 1 N–H and O–H groups in total. The van der Waals surface area contributed by atoms with Crippen LogP contribution in [0.3, 0.4) is 0 Å².